The lowest BCUT2D eigenvalue weighted by Gasteiger charge is -2.20. The van der Waals surface area contributed by atoms with Gasteiger partial charge in [0.2, 0.25) is 15.9 Å². The van der Waals surface area contributed by atoms with Gasteiger partial charge in [0.05, 0.1) is 7.11 Å². The van der Waals surface area contributed by atoms with Gasteiger partial charge in [-0.3, -0.25) is 4.79 Å². The number of amides is 1. The van der Waals surface area contributed by atoms with Gasteiger partial charge in [-0.15, -0.1) is 0 Å². The lowest BCUT2D eigenvalue weighted by atomic mass is 10.1. The standard InChI is InChI=1S/C24H25ClN2O4S/c1-3-18-11-7-8-12-20(18)26-24(28)21(15-17-9-5-4-6-10-17)27-32(29,30)23-16-19(25)13-14-22(23)31-2/h4-14,16,21,27H,3,15H2,1-2H3,(H,26,28)/t21-/m1/s1. The van der Waals surface area contributed by atoms with Crippen LogP contribution in [0.25, 0.3) is 0 Å². The second-order valence-corrected chi connectivity index (χ2v) is 9.28. The summed E-state index contributed by atoms with van der Waals surface area (Å²) in [5.74, 6) is -0.323. The van der Waals surface area contributed by atoms with Gasteiger partial charge in [-0.2, -0.15) is 4.72 Å². The Morgan fingerprint density at radius 3 is 2.41 bits per heavy atom. The summed E-state index contributed by atoms with van der Waals surface area (Å²) in [5.41, 5.74) is 2.42. The molecule has 0 aliphatic rings. The average molecular weight is 473 g/mol. The zero-order valence-corrected chi connectivity index (χ0v) is 19.4. The van der Waals surface area contributed by atoms with Crippen molar-refractivity contribution in [1.29, 1.82) is 0 Å². The van der Waals surface area contributed by atoms with Crippen LogP contribution in [0.5, 0.6) is 5.75 Å². The fraction of sp³-hybridized carbons (Fsp3) is 0.208. The first-order valence-electron chi connectivity index (χ1n) is 10.1. The van der Waals surface area contributed by atoms with Crippen LogP contribution in [0.3, 0.4) is 0 Å². The summed E-state index contributed by atoms with van der Waals surface area (Å²) >= 11 is 6.02. The van der Waals surface area contributed by atoms with Gasteiger partial charge in [0, 0.05) is 10.7 Å². The minimum atomic E-state index is -4.12. The van der Waals surface area contributed by atoms with Crippen molar-refractivity contribution in [2.45, 2.75) is 30.7 Å². The Morgan fingerprint density at radius 1 is 1.03 bits per heavy atom. The number of carbonyl (C=O) groups is 1. The van der Waals surface area contributed by atoms with Gasteiger partial charge in [0.25, 0.3) is 0 Å². The molecule has 0 spiro atoms. The van der Waals surface area contributed by atoms with Gasteiger partial charge >= 0.3 is 0 Å². The van der Waals surface area contributed by atoms with Crippen LogP contribution in [0, 0.1) is 0 Å². The van der Waals surface area contributed by atoms with E-state index in [1.165, 1.54) is 25.3 Å². The monoisotopic (exact) mass is 472 g/mol. The highest BCUT2D eigenvalue weighted by molar-refractivity contribution is 7.89. The Bertz CT molecular complexity index is 1180. The van der Waals surface area contributed by atoms with Crippen LogP contribution in [0.4, 0.5) is 5.69 Å². The van der Waals surface area contributed by atoms with E-state index in [2.05, 4.69) is 10.0 Å². The van der Waals surface area contributed by atoms with E-state index < -0.39 is 22.0 Å². The van der Waals surface area contributed by atoms with Crippen molar-refractivity contribution in [2.75, 3.05) is 12.4 Å². The van der Waals surface area contributed by atoms with Gasteiger partial charge in [0.1, 0.15) is 16.7 Å². The van der Waals surface area contributed by atoms with Crippen LogP contribution < -0.4 is 14.8 Å². The maximum absolute atomic E-state index is 13.2. The second kappa shape index (κ2) is 10.6. The molecule has 0 aromatic heterocycles. The molecule has 32 heavy (non-hydrogen) atoms. The van der Waals surface area contributed by atoms with Gasteiger partial charge in [-0.05, 0) is 48.2 Å². The number of rotatable bonds is 9. The van der Waals surface area contributed by atoms with Gasteiger partial charge in [-0.25, -0.2) is 8.42 Å². The molecule has 168 valence electrons. The van der Waals surface area contributed by atoms with Crippen LogP contribution in [0.2, 0.25) is 5.02 Å². The number of sulfonamides is 1. The molecular formula is C24H25ClN2O4S. The molecular weight excluding hydrogens is 448 g/mol. The Hall–Kier alpha value is -2.87. The number of halogens is 1. The summed E-state index contributed by atoms with van der Waals surface area (Å²) in [4.78, 5) is 13.1. The number of benzene rings is 3. The van der Waals surface area contributed by atoms with E-state index >= 15 is 0 Å². The number of nitrogens with one attached hydrogen (secondary N) is 2. The average Bonchev–Trinajstić information content (AvgIpc) is 2.79. The normalized spacial score (nSPS) is 12.2. The Morgan fingerprint density at radius 2 is 1.72 bits per heavy atom. The fourth-order valence-electron chi connectivity index (χ4n) is 3.32. The van der Waals surface area contributed by atoms with Gasteiger partial charge in [-0.1, -0.05) is 67.1 Å². The summed E-state index contributed by atoms with van der Waals surface area (Å²) in [5, 5.41) is 3.12. The number of anilines is 1. The molecule has 0 saturated carbocycles. The molecule has 0 fully saturated rings. The molecule has 6 nitrogen and oxygen atoms in total. The van der Waals surface area contributed by atoms with Crippen molar-refractivity contribution in [1.82, 2.24) is 4.72 Å². The van der Waals surface area contributed by atoms with Crippen molar-refractivity contribution in [2.24, 2.45) is 0 Å². The molecule has 0 saturated heterocycles. The van der Waals surface area contributed by atoms with Crippen LogP contribution in [-0.4, -0.2) is 27.5 Å². The van der Waals surface area contributed by atoms with E-state index in [-0.39, 0.29) is 22.1 Å². The molecule has 0 unspecified atom stereocenters. The Kier molecular flexibility index (Phi) is 7.90. The zero-order valence-electron chi connectivity index (χ0n) is 17.8. The number of hydrogen-bond acceptors (Lipinski definition) is 4. The third-order valence-electron chi connectivity index (χ3n) is 4.97. The molecule has 0 aliphatic carbocycles. The summed E-state index contributed by atoms with van der Waals surface area (Å²) in [6.45, 7) is 1.99. The first kappa shape index (κ1) is 23.8. The van der Waals surface area contributed by atoms with E-state index in [1.807, 2.05) is 55.5 Å². The Balaban J connectivity index is 1.94. The topological polar surface area (TPSA) is 84.5 Å². The minimum Gasteiger partial charge on any atom is -0.495 e. The van der Waals surface area contributed by atoms with Crippen molar-refractivity contribution < 1.29 is 17.9 Å². The molecule has 3 aromatic rings. The third-order valence-corrected chi connectivity index (χ3v) is 6.70. The molecule has 3 aromatic carbocycles. The minimum absolute atomic E-state index is 0.132. The number of methoxy groups -OCH3 is 1. The molecule has 1 amide bonds. The SMILES string of the molecule is CCc1ccccc1NC(=O)[C@@H](Cc1ccccc1)NS(=O)(=O)c1cc(Cl)ccc1OC. The largest absolute Gasteiger partial charge is 0.495 e. The predicted molar refractivity (Wildman–Crippen MR) is 127 cm³/mol. The number of para-hydroxylation sites is 1. The molecule has 8 heteroatoms. The number of carbonyl (C=O) groups excluding carboxylic acids is 1. The molecule has 0 aliphatic heterocycles. The highest BCUT2D eigenvalue weighted by atomic mass is 35.5. The second-order valence-electron chi connectivity index (χ2n) is 7.16. The smallest absolute Gasteiger partial charge is 0.245 e. The van der Waals surface area contributed by atoms with Crippen LogP contribution in [0.15, 0.2) is 77.7 Å². The molecule has 1 atom stereocenters. The lowest BCUT2D eigenvalue weighted by Crippen LogP contribution is -2.45. The molecule has 3 rings (SSSR count). The maximum atomic E-state index is 13.2. The maximum Gasteiger partial charge on any atom is 0.245 e. The first-order chi connectivity index (χ1) is 15.3. The number of ether oxygens (including phenoxy) is 1. The first-order valence-corrected chi connectivity index (χ1v) is 12.0. The molecule has 0 radical (unpaired) electrons. The van der Waals surface area contributed by atoms with Crippen molar-refractivity contribution in [3.05, 3.63) is 88.9 Å². The number of aryl methyl sites for hydroxylation is 1. The van der Waals surface area contributed by atoms with Crippen molar-refractivity contribution in [3.8, 4) is 5.75 Å². The van der Waals surface area contributed by atoms with Crippen LogP contribution >= 0.6 is 11.6 Å². The summed E-state index contributed by atoms with van der Waals surface area (Å²) in [6.07, 6.45) is 0.897. The zero-order chi connectivity index (χ0) is 23.1. The van der Waals surface area contributed by atoms with Gasteiger partial charge < -0.3 is 10.1 Å². The quantitative estimate of drug-likeness (QED) is 0.482. The third kappa shape index (κ3) is 5.88. The number of hydrogen-bond donors (Lipinski definition) is 2. The summed E-state index contributed by atoms with van der Waals surface area (Å²) in [7, 11) is -2.75. The van der Waals surface area contributed by atoms with Crippen LogP contribution in [-0.2, 0) is 27.7 Å². The fourth-order valence-corrected chi connectivity index (χ4v) is 4.95. The van der Waals surface area contributed by atoms with E-state index in [1.54, 1.807) is 6.07 Å². The summed E-state index contributed by atoms with van der Waals surface area (Å²) in [6, 6.07) is 19.9. The van der Waals surface area contributed by atoms with E-state index in [0.717, 1.165) is 17.5 Å². The van der Waals surface area contributed by atoms with Crippen molar-refractivity contribution in [3.63, 3.8) is 0 Å². The molecule has 2 N–H and O–H groups in total. The van der Waals surface area contributed by atoms with E-state index in [4.69, 9.17) is 16.3 Å². The van der Waals surface area contributed by atoms with E-state index in [9.17, 15) is 13.2 Å². The van der Waals surface area contributed by atoms with Gasteiger partial charge in [0.15, 0.2) is 0 Å². The highest BCUT2D eigenvalue weighted by Gasteiger charge is 2.29. The Labute approximate surface area is 193 Å². The van der Waals surface area contributed by atoms with E-state index in [0.29, 0.717) is 5.69 Å². The summed E-state index contributed by atoms with van der Waals surface area (Å²) < 4.78 is 34.2. The molecule has 0 heterocycles. The molecule has 0 bridgehead atoms. The van der Waals surface area contributed by atoms with Crippen LogP contribution in [0.1, 0.15) is 18.1 Å². The predicted octanol–water partition coefficient (Wildman–Crippen LogP) is 4.44. The lowest BCUT2D eigenvalue weighted by molar-refractivity contribution is -0.117. The van der Waals surface area contributed by atoms with Crippen molar-refractivity contribution >= 4 is 33.2 Å². The highest BCUT2D eigenvalue weighted by Crippen LogP contribution is 2.27.